The van der Waals surface area contributed by atoms with E-state index in [1.54, 1.807) is 11.3 Å². The molecule has 1 aliphatic rings. The number of nitrogens with zero attached hydrogens (tertiary/aromatic N) is 1. The minimum absolute atomic E-state index is 0.166. The molecule has 17 heavy (non-hydrogen) atoms. The van der Waals surface area contributed by atoms with E-state index < -0.39 is 6.10 Å². The van der Waals surface area contributed by atoms with Crippen LogP contribution in [0.5, 0.6) is 0 Å². The monoisotopic (exact) mass is 245 g/mol. The second-order valence-corrected chi connectivity index (χ2v) is 5.39. The zero-order chi connectivity index (χ0) is 11.8. The van der Waals surface area contributed by atoms with Crippen LogP contribution < -0.4 is 0 Å². The summed E-state index contributed by atoms with van der Waals surface area (Å²) in [7, 11) is 0. The minimum Gasteiger partial charge on any atom is -0.388 e. The number of rotatable bonds is 2. The van der Waals surface area contributed by atoms with Gasteiger partial charge in [0.15, 0.2) is 0 Å². The second kappa shape index (κ2) is 4.24. The lowest BCUT2D eigenvalue weighted by Gasteiger charge is -2.18. The Morgan fingerprint density at radius 3 is 3.12 bits per heavy atom. The van der Waals surface area contributed by atoms with Crippen LogP contribution in [0.1, 0.15) is 40.8 Å². The molecule has 3 rings (SSSR count). The highest BCUT2D eigenvalue weighted by Gasteiger charge is 2.31. The molecule has 2 atom stereocenters. The van der Waals surface area contributed by atoms with Crippen molar-refractivity contribution in [3.05, 3.63) is 51.5 Å². The third-order valence-corrected chi connectivity index (χ3v) is 4.48. The first-order chi connectivity index (χ1) is 8.27. The minimum atomic E-state index is -0.405. The van der Waals surface area contributed by atoms with Crippen molar-refractivity contribution in [1.29, 1.82) is 0 Å². The number of hydrogen-bond donors (Lipinski definition) is 1. The summed E-state index contributed by atoms with van der Waals surface area (Å²) in [6, 6.07) is 4.10. The summed E-state index contributed by atoms with van der Waals surface area (Å²) in [6.45, 7) is 2.06. The molecule has 2 nitrogen and oxygen atoms in total. The number of hydrogen-bond acceptors (Lipinski definition) is 3. The van der Waals surface area contributed by atoms with Crippen molar-refractivity contribution in [1.82, 2.24) is 4.98 Å². The molecule has 2 aromatic heterocycles. The Morgan fingerprint density at radius 1 is 1.47 bits per heavy atom. The molecule has 2 heterocycles. The Bertz CT molecular complexity index is 535. The number of aromatic nitrogens is 1. The molecule has 0 fully saturated rings. The van der Waals surface area contributed by atoms with E-state index in [-0.39, 0.29) is 5.92 Å². The van der Waals surface area contributed by atoms with E-state index in [0.717, 1.165) is 24.1 Å². The number of aliphatic hydroxyl groups excluding tert-OH is 1. The van der Waals surface area contributed by atoms with Gasteiger partial charge in [0.05, 0.1) is 6.10 Å². The summed E-state index contributed by atoms with van der Waals surface area (Å²) in [5, 5.41) is 14.7. The molecular weight excluding hydrogens is 230 g/mol. The molecule has 1 aliphatic carbocycles. The number of aryl methyl sites for hydroxylation is 2. The maximum absolute atomic E-state index is 10.5. The summed E-state index contributed by atoms with van der Waals surface area (Å²) < 4.78 is 0. The molecule has 0 aliphatic heterocycles. The van der Waals surface area contributed by atoms with Crippen molar-refractivity contribution < 1.29 is 5.11 Å². The highest BCUT2D eigenvalue weighted by molar-refractivity contribution is 7.08. The maximum Gasteiger partial charge on any atom is 0.0884 e. The number of fused-ring (bicyclic) bond motifs is 1. The zero-order valence-corrected chi connectivity index (χ0v) is 10.6. The average Bonchev–Trinajstić information content (AvgIpc) is 2.94. The highest BCUT2D eigenvalue weighted by atomic mass is 32.1. The molecule has 0 bridgehead atoms. The molecule has 0 radical (unpaired) electrons. The fraction of sp³-hybridized carbons (Fsp3) is 0.357. The van der Waals surface area contributed by atoms with Gasteiger partial charge in [0.1, 0.15) is 0 Å². The lowest BCUT2D eigenvalue weighted by atomic mass is 9.93. The van der Waals surface area contributed by atoms with Crippen LogP contribution in [0.25, 0.3) is 0 Å². The molecule has 3 heteroatoms. The summed E-state index contributed by atoms with van der Waals surface area (Å²) >= 11 is 1.65. The van der Waals surface area contributed by atoms with Crippen LogP contribution in [0.15, 0.2) is 29.1 Å². The van der Waals surface area contributed by atoms with Gasteiger partial charge in [-0.3, -0.25) is 4.98 Å². The highest BCUT2D eigenvalue weighted by Crippen LogP contribution is 2.41. The first kappa shape index (κ1) is 10.9. The normalized spacial score (nSPS) is 20.2. The van der Waals surface area contributed by atoms with Gasteiger partial charge < -0.3 is 5.11 Å². The van der Waals surface area contributed by atoms with Crippen molar-refractivity contribution >= 4 is 11.3 Å². The van der Waals surface area contributed by atoms with Crippen LogP contribution in [0.3, 0.4) is 0 Å². The standard InChI is InChI=1S/C14H15NOS/c1-9-7-17-8-12(9)14(16)11-5-4-10-3-2-6-15-13(10)11/h2-3,6-8,11,14,16H,4-5H2,1H3. The molecule has 0 aromatic carbocycles. The third kappa shape index (κ3) is 1.79. The van der Waals surface area contributed by atoms with E-state index in [0.29, 0.717) is 0 Å². The van der Waals surface area contributed by atoms with E-state index in [1.807, 2.05) is 12.3 Å². The molecule has 88 valence electrons. The van der Waals surface area contributed by atoms with Gasteiger partial charge in [0.2, 0.25) is 0 Å². The van der Waals surface area contributed by atoms with Gasteiger partial charge in [-0.2, -0.15) is 11.3 Å². The summed E-state index contributed by atoms with van der Waals surface area (Å²) in [4.78, 5) is 4.44. The van der Waals surface area contributed by atoms with Gasteiger partial charge in [-0.25, -0.2) is 0 Å². The molecule has 0 saturated carbocycles. The van der Waals surface area contributed by atoms with E-state index in [2.05, 4.69) is 28.7 Å². The summed E-state index contributed by atoms with van der Waals surface area (Å²) in [5.41, 5.74) is 4.64. The van der Waals surface area contributed by atoms with Gasteiger partial charge in [0, 0.05) is 17.8 Å². The van der Waals surface area contributed by atoms with Crippen molar-refractivity contribution in [2.45, 2.75) is 31.8 Å². The molecule has 2 unspecified atom stereocenters. The third-order valence-electron chi connectivity index (χ3n) is 3.60. The maximum atomic E-state index is 10.5. The largest absolute Gasteiger partial charge is 0.388 e. The van der Waals surface area contributed by atoms with Crippen LogP contribution in [-0.4, -0.2) is 10.1 Å². The lowest BCUT2D eigenvalue weighted by molar-refractivity contribution is 0.143. The Balaban J connectivity index is 1.95. The van der Waals surface area contributed by atoms with Crippen molar-refractivity contribution in [2.24, 2.45) is 0 Å². The molecule has 1 N–H and O–H groups in total. The van der Waals surface area contributed by atoms with Crippen LogP contribution in [0.4, 0.5) is 0 Å². The van der Waals surface area contributed by atoms with E-state index >= 15 is 0 Å². The predicted octanol–water partition coefficient (Wildman–Crippen LogP) is 3.21. The van der Waals surface area contributed by atoms with Crippen molar-refractivity contribution in [3.8, 4) is 0 Å². The van der Waals surface area contributed by atoms with Crippen molar-refractivity contribution in [3.63, 3.8) is 0 Å². The molecule has 0 saturated heterocycles. The first-order valence-corrected chi connectivity index (χ1v) is 6.86. The number of thiophene rings is 1. The Labute approximate surface area is 105 Å². The molecule has 0 spiro atoms. The van der Waals surface area contributed by atoms with E-state index in [9.17, 15) is 5.11 Å². The average molecular weight is 245 g/mol. The molecular formula is C14H15NOS. The van der Waals surface area contributed by atoms with Gasteiger partial charge in [-0.1, -0.05) is 6.07 Å². The molecule has 0 amide bonds. The Kier molecular flexibility index (Phi) is 2.73. The summed E-state index contributed by atoms with van der Waals surface area (Å²) in [5.74, 6) is 0.166. The van der Waals surface area contributed by atoms with Crippen LogP contribution in [-0.2, 0) is 6.42 Å². The van der Waals surface area contributed by atoms with Crippen LogP contribution in [0, 0.1) is 6.92 Å². The number of pyridine rings is 1. The quantitative estimate of drug-likeness (QED) is 0.881. The number of aliphatic hydroxyl groups is 1. The Hall–Kier alpha value is -1.19. The lowest BCUT2D eigenvalue weighted by Crippen LogP contribution is -2.09. The predicted molar refractivity (Wildman–Crippen MR) is 69.3 cm³/mol. The summed E-state index contributed by atoms with van der Waals surface area (Å²) in [6.07, 6.45) is 3.46. The molecule has 2 aromatic rings. The van der Waals surface area contributed by atoms with Gasteiger partial charge in [-0.15, -0.1) is 0 Å². The van der Waals surface area contributed by atoms with Crippen molar-refractivity contribution in [2.75, 3.05) is 0 Å². The smallest absolute Gasteiger partial charge is 0.0884 e. The van der Waals surface area contributed by atoms with Crippen LogP contribution >= 0.6 is 11.3 Å². The first-order valence-electron chi connectivity index (χ1n) is 5.92. The fourth-order valence-electron chi connectivity index (χ4n) is 2.64. The zero-order valence-electron chi connectivity index (χ0n) is 9.76. The van der Waals surface area contributed by atoms with E-state index in [4.69, 9.17) is 0 Å². The second-order valence-electron chi connectivity index (χ2n) is 4.65. The van der Waals surface area contributed by atoms with Gasteiger partial charge in [0.25, 0.3) is 0 Å². The topological polar surface area (TPSA) is 33.1 Å². The Morgan fingerprint density at radius 2 is 2.35 bits per heavy atom. The fourth-order valence-corrected chi connectivity index (χ4v) is 3.52. The SMILES string of the molecule is Cc1cscc1C(O)C1CCc2cccnc21. The van der Waals surface area contributed by atoms with Crippen LogP contribution in [0.2, 0.25) is 0 Å². The van der Waals surface area contributed by atoms with Gasteiger partial charge in [-0.05, 0) is 53.3 Å². The van der Waals surface area contributed by atoms with E-state index in [1.165, 1.54) is 11.1 Å². The van der Waals surface area contributed by atoms with Gasteiger partial charge >= 0.3 is 0 Å².